The van der Waals surface area contributed by atoms with Crippen LogP contribution in [0.3, 0.4) is 0 Å². The summed E-state index contributed by atoms with van der Waals surface area (Å²) in [5, 5.41) is 13.2. The molecule has 8 atom stereocenters. The highest BCUT2D eigenvalue weighted by atomic mass is 16.5. The minimum atomic E-state index is -1.14. The number of ketones is 1. The number of carbonyl (C=O) groups is 3. The maximum absolute atomic E-state index is 13.9. The molecule has 0 saturated heterocycles. The number of esters is 1. The van der Waals surface area contributed by atoms with Crippen molar-refractivity contribution in [2.24, 2.45) is 56.7 Å². The summed E-state index contributed by atoms with van der Waals surface area (Å²) >= 11 is 0. The van der Waals surface area contributed by atoms with E-state index >= 15 is 0 Å². The van der Waals surface area contributed by atoms with Gasteiger partial charge in [-0.05, 0) is 136 Å². The molecule has 0 aromatic carbocycles. The van der Waals surface area contributed by atoms with Crippen molar-refractivity contribution < 1.29 is 24.2 Å². The first-order chi connectivity index (χ1) is 23.0. The monoisotopic (exact) mass is 674 g/mol. The summed E-state index contributed by atoms with van der Waals surface area (Å²) in [5.74, 6) is 1.38. The Morgan fingerprint density at radius 1 is 1.00 bits per heavy atom. The lowest BCUT2D eigenvalue weighted by Crippen LogP contribution is -2.63. The Kier molecular flexibility index (Phi) is 9.55. The second-order valence-corrected chi connectivity index (χ2v) is 18.8. The molecule has 0 amide bonds. The highest BCUT2D eigenvalue weighted by Gasteiger charge is 2.66. The second-order valence-electron chi connectivity index (χ2n) is 18.8. The first-order valence-corrected chi connectivity index (χ1v) is 19.3. The summed E-state index contributed by atoms with van der Waals surface area (Å²) in [4.78, 5) is 43.1. The number of pyridine rings is 1. The molecule has 4 saturated carbocycles. The number of fused-ring (bicyclic) bond motifs is 7. The van der Waals surface area contributed by atoms with Crippen molar-refractivity contribution in [2.45, 2.75) is 139 Å². The third kappa shape index (κ3) is 6.12. The van der Waals surface area contributed by atoms with Crippen LogP contribution in [0.15, 0.2) is 35.5 Å². The lowest BCUT2D eigenvalue weighted by atomic mass is 9.36. The van der Waals surface area contributed by atoms with Gasteiger partial charge < -0.3 is 15.2 Å². The highest BCUT2D eigenvalue weighted by Crippen LogP contribution is 2.73. The SMILES string of the molecule is CC(C)C1=C2C3CCC4C(C)(CCC5C(C)(C)C(OC(=O)CC(C)(C)C(=O)O)CCC54C)C3CCC2(CCNCc2ccccn2)CC1=O. The number of hydrogen-bond acceptors (Lipinski definition) is 6. The van der Waals surface area contributed by atoms with Gasteiger partial charge in [0.15, 0.2) is 5.78 Å². The molecule has 0 radical (unpaired) electrons. The van der Waals surface area contributed by atoms with Crippen molar-refractivity contribution in [3.05, 3.63) is 41.2 Å². The summed E-state index contributed by atoms with van der Waals surface area (Å²) < 4.78 is 6.15. The Labute approximate surface area is 294 Å². The van der Waals surface area contributed by atoms with Crippen molar-refractivity contribution in [3.63, 3.8) is 0 Å². The molecule has 4 fully saturated rings. The summed E-state index contributed by atoms with van der Waals surface area (Å²) in [6.45, 7) is 19.0. The third-order valence-electron chi connectivity index (χ3n) is 14.9. The van der Waals surface area contributed by atoms with E-state index in [-0.39, 0.29) is 40.1 Å². The number of rotatable bonds is 10. The van der Waals surface area contributed by atoms with Crippen molar-refractivity contribution >= 4 is 17.7 Å². The van der Waals surface area contributed by atoms with Gasteiger partial charge in [0.25, 0.3) is 0 Å². The predicted molar refractivity (Wildman–Crippen MR) is 191 cm³/mol. The molecule has 8 unspecified atom stereocenters. The van der Waals surface area contributed by atoms with Gasteiger partial charge >= 0.3 is 11.9 Å². The molecule has 0 bridgehead atoms. The van der Waals surface area contributed by atoms with Crippen molar-refractivity contribution in [2.75, 3.05) is 6.54 Å². The van der Waals surface area contributed by atoms with Gasteiger partial charge in [0, 0.05) is 30.0 Å². The Morgan fingerprint density at radius 2 is 1.73 bits per heavy atom. The smallest absolute Gasteiger partial charge is 0.309 e. The first-order valence-electron chi connectivity index (χ1n) is 19.3. The summed E-state index contributed by atoms with van der Waals surface area (Å²) in [7, 11) is 0. The zero-order valence-corrected chi connectivity index (χ0v) is 31.5. The van der Waals surface area contributed by atoms with E-state index in [0.717, 1.165) is 62.9 Å². The van der Waals surface area contributed by atoms with E-state index in [1.807, 2.05) is 18.3 Å². The lowest BCUT2D eigenvalue weighted by molar-refractivity contribution is -0.213. The van der Waals surface area contributed by atoms with E-state index in [9.17, 15) is 19.5 Å². The molecule has 6 rings (SSSR count). The number of nitrogens with one attached hydrogen (secondary N) is 1. The number of ether oxygens (including phenoxy) is 1. The van der Waals surface area contributed by atoms with Gasteiger partial charge in [0.2, 0.25) is 0 Å². The normalized spacial score (nSPS) is 36.8. The molecule has 5 aliphatic rings. The van der Waals surface area contributed by atoms with Crippen molar-refractivity contribution in [3.8, 4) is 0 Å². The van der Waals surface area contributed by atoms with Gasteiger partial charge in [-0.25, -0.2) is 0 Å². The molecule has 0 aliphatic heterocycles. The number of carbonyl (C=O) groups excluding carboxylic acids is 2. The van der Waals surface area contributed by atoms with Gasteiger partial charge in [-0.3, -0.25) is 19.4 Å². The van der Waals surface area contributed by atoms with Crippen LogP contribution in [0.25, 0.3) is 0 Å². The molecule has 1 aromatic rings. The number of aliphatic carboxylic acids is 1. The molecule has 5 aliphatic carbocycles. The maximum Gasteiger partial charge on any atom is 0.309 e. The quantitative estimate of drug-likeness (QED) is 0.189. The van der Waals surface area contributed by atoms with Gasteiger partial charge in [-0.2, -0.15) is 0 Å². The topological polar surface area (TPSA) is 106 Å². The van der Waals surface area contributed by atoms with Crippen molar-refractivity contribution in [1.82, 2.24) is 10.3 Å². The van der Waals surface area contributed by atoms with Crippen LogP contribution in [0.2, 0.25) is 0 Å². The van der Waals surface area contributed by atoms with Crippen LogP contribution >= 0.6 is 0 Å². The van der Waals surface area contributed by atoms with Crippen LogP contribution in [0.4, 0.5) is 0 Å². The fourth-order valence-corrected chi connectivity index (χ4v) is 12.6. The number of allylic oxidation sites excluding steroid dienone is 2. The van der Waals surface area contributed by atoms with E-state index < -0.39 is 17.4 Å². The predicted octanol–water partition coefficient (Wildman–Crippen LogP) is 8.56. The molecule has 0 spiro atoms. The number of Topliss-reactive ketones (excluding diaryl/α,β-unsaturated/α-hetero) is 1. The number of hydrogen-bond donors (Lipinski definition) is 2. The van der Waals surface area contributed by atoms with Crippen LogP contribution in [-0.4, -0.2) is 40.5 Å². The van der Waals surface area contributed by atoms with E-state index in [1.165, 1.54) is 19.3 Å². The highest BCUT2D eigenvalue weighted by molar-refractivity contribution is 6.00. The van der Waals surface area contributed by atoms with Crippen molar-refractivity contribution in [1.29, 1.82) is 0 Å². The average molecular weight is 675 g/mol. The summed E-state index contributed by atoms with van der Waals surface area (Å²) in [5.41, 5.74) is 2.78. The van der Waals surface area contributed by atoms with Gasteiger partial charge in [0.05, 0.1) is 17.5 Å². The van der Waals surface area contributed by atoms with Gasteiger partial charge in [-0.1, -0.05) is 53.2 Å². The molecule has 1 heterocycles. The fourth-order valence-electron chi connectivity index (χ4n) is 12.6. The van der Waals surface area contributed by atoms with Gasteiger partial charge in [0.1, 0.15) is 6.10 Å². The zero-order chi connectivity index (χ0) is 35.6. The minimum absolute atomic E-state index is 0.0155. The lowest BCUT2D eigenvalue weighted by Gasteiger charge is -2.69. The van der Waals surface area contributed by atoms with E-state index in [1.54, 1.807) is 19.4 Å². The molecule has 7 heteroatoms. The third-order valence-corrected chi connectivity index (χ3v) is 14.9. The molecular formula is C42H62N2O5. The van der Waals surface area contributed by atoms with Crippen LogP contribution in [0.5, 0.6) is 0 Å². The minimum Gasteiger partial charge on any atom is -0.481 e. The van der Waals surface area contributed by atoms with Crippen LogP contribution in [-0.2, 0) is 25.7 Å². The zero-order valence-electron chi connectivity index (χ0n) is 31.5. The van der Waals surface area contributed by atoms with Crippen LogP contribution < -0.4 is 5.32 Å². The van der Waals surface area contributed by atoms with E-state index in [4.69, 9.17) is 4.74 Å². The van der Waals surface area contributed by atoms with E-state index in [2.05, 4.69) is 57.9 Å². The standard InChI is InChI=1S/C42H62N2O5/c1-26(2)35-30(45)23-42(20-22-43-25-27-11-9-10-21-44-27)19-14-29-28(36(35)42)12-13-32-40(29,7)17-15-31-39(5,6)33(16-18-41(31,32)8)49-34(46)24-38(3,4)37(47)48/h9-11,21,26,28-29,31-33,43H,12-20,22-25H2,1-8H3,(H,47,48). The second kappa shape index (κ2) is 12.9. The van der Waals surface area contributed by atoms with Crippen LogP contribution in [0, 0.1) is 56.7 Å². The number of carboxylic acid groups (broad SMARTS) is 1. The summed E-state index contributed by atoms with van der Waals surface area (Å²) in [6.07, 6.45) is 12.0. The number of carboxylic acids is 1. The van der Waals surface area contributed by atoms with Gasteiger partial charge in [-0.15, -0.1) is 0 Å². The fraction of sp³-hybridized carbons (Fsp3) is 0.762. The number of nitrogens with zero attached hydrogens (tertiary/aromatic N) is 1. The molecule has 7 nitrogen and oxygen atoms in total. The summed E-state index contributed by atoms with van der Waals surface area (Å²) in [6, 6.07) is 6.05. The molecule has 1 aromatic heterocycles. The Balaban J connectivity index is 1.21. The molecule has 270 valence electrons. The molecule has 49 heavy (non-hydrogen) atoms. The molecule has 2 N–H and O–H groups in total. The first kappa shape index (κ1) is 36.3. The Bertz CT molecular complexity index is 1480. The van der Waals surface area contributed by atoms with E-state index in [0.29, 0.717) is 35.9 Å². The number of aromatic nitrogens is 1. The average Bonchev–Trinajstić information content (AvgIpc) is 3.33. The maximum atomic E-state index is 13.9. The Morgan fingerprint density at radius 3 is 2.41 bits per heavy atom. The molecular weight excluding hydrogens is 612 g/mol. The largest absolute Gasteiger partial charge is 0.481 e. The Hall–Kier alpha value is -2.54. The van der Waals surface area contributed by atoms with Crippen LogP contribution in [0.1, 0.15) is 132 Å².